The van der Waals surface area contributed by atoms with Gasteiger partial charge in [0.05, 0.1) is 37.7 Å². The van der Waals surface area contributed by atoms with Crippen molar-refractivity contribution in [1.29, 1.82) is 0 Å². The van der Waals surface area contributed by atoms with Crippen LogP contribution < -0.4 is 9.47 Å². The fraction of sp³-hybridized carbons (Fsp3) is 0.375. The predicted molar refractivity (Wildman–Crippen MR) is 88.3 cm³/mol. The molecule has 0 aliphatic rings. The monoisotopic (exact) mass is 337 g/mol. The molecule has 23 heavy (non-hydrogen) atoms. The highest BCUT2D eigenvalue weighted by Crippen LogP contribution is 2.28. The van der Waals surface area contributed by atoms with Crippen LogP contribution in [-0.4, -0.2) is 41.9 Å². The molecular formula is C16H20ClN3O3. The van der Waals surface area contributed by atoms with Gasteiger partial charge >= 0.3 is 0 Å². The Morgan fingerprint density at radius 1 is 1.30 bits per heavy atom. The molecule has 0 fully saturated rings. The zero-order valence-electron chi connectivity index (χ0n) is 13.7. The maximum atomic E-state index is 12.6. The van der Waals surface area contributed by atoms with E-state index in [1.807, 2.05) is 6.92 Å². The first-order valence-electron chi connectivity index (χ1n) is 7.19. The zero-order valence-corrected chi connectivity index (χ0v) is 14.4. The molecule has 0 spiro atoms. The first-order chi connectivity index (χ1) is 11.0. The Hall–Kier alpha value is -2.21. The molecule has 0 saturated carbocycles. The minimum Gasteiger partial charge on any atom is -0.493 e. The molecule has 2 aromatic rings. The molecule has 0 bridgehead atoms. The van der Waals surface area contributed by atoms with Gasteiger partial charge in [-0.15, -0.1) is 0 Å². The summed E-state index contributed by atoms with van der Waals surface area (Å²) in [4.78, 5) is 14.2. The molecule has 0 N–H and O–H groups in total. The van der Waals surface area contributed by atoms with Crippen LogP contribution in [0.5, 0.6) is 11.5 Å². The molecule has 124 valence electrons. The average Bonchev–Trinajstić information content (AvgIpc) is 2.93. The average molecular weight is 338 g/mol. The van der Waals surface area contributed by atoms with E-state index in [0.29, 0.717) is 35.2 Å². The Morgan fingerprint density at radius 3 is 2.61 bits per heavy atom. The normalized spacial score (nSPS) is 10.5. The van der Waals surface area contributed by atoms with E-state index in [-0.39, 0.29) is 5.91 Å². The lowest BCUT2D eigenvalue weighted by atomic mass is 10.1. The summed E-state index contributed by atoms with van der Waals surface area (Å²) in [7, 11) is 4.82. The van der Waals surface area contributed by atoms with Gasteiger partial charge in [-0.25, -0.2) is 0 Å². The number of halogens is 1. The predicted octanol–water partition coefficient (Wildman–Crippen LogP) is 2.85. The van der Waals surface area contributed by atoms with Crippen LogP contribution >= 0.6 is 11.6 Å². The smallest absolute Gasteiger partial charge is 0.254 e. The number of nitrogens with zero attached hydrogens (tertiary/aromatic N) is 3. The third kappa shape index (κ3) is 3.59. The summed E-state index contributed by atoms with van der Waals surface area (Å²) in [5.41, 5.74) is 1.33. The molecule has 7 heteroatoms. The van der Waals surface area contributed by atoms with E-state index >= 15 is 0 Å². The van der Waals surface area contributed by atoms with E-state index in [2.05, 4.69) is 5.10 Å². The number of carbonyl (C=O) groups excluding carboxylic acids is 1. The van der Waals surface area contributed by atoms with Crippen molar-refractivity contribution in [2.24, 2.45) is 0 Å². The SMILES string of the molecule is CCn1ncc(Cl)c1CN(C)C(=O)c1ccc(OC)c(OC)c1. The minimum absolute atomic E-state index is 0.133. The summed E-state index contributed by atoms with van der Waals surface area (Å²) in [5, 5.41) is 4.73. The molecule has 1 amide bonds. The Morgan fingerprint density at radius 2 is 2.00 bits per heavy atom. The fourth-order valence-corrected chi connectivity index (χ4v) is 2.50. The molecule has 0 aliphatic carbocycles. The highest BCUT2D eigenvalue weighted by atomic mass is 35.5. The first kappa shape index (κ1) is 17.1. The maximum Gasteiger partial charge on any atom is 0.254 e. The van der Waals surface area contributed by atoms with Crippen LogP contribution in [-0.2, 0) is 13.1 Å². The Bertz CT molecular complexity index is 700. The van der Waals surface area contributed by atoms with Crippen molar-refractivity contribution in [2.45, 2.75) is 20.0 Å². The van der Waals surface area contributed by atoms with Crippen molar-refractivity contribution >= 4 is 17.5 Å². The Balaban J connectivity index is 2.21. The van der Waals surface area contributed by atoms with Crippen LogP contribution in [0.3, 0.4) is 0 Å². The molecule has 0 radical (unpaired) electrons. The molecule has 1 aromatic heterocycles. The van der Waals surface area contributed by atoms with Gasteiger partial charge in [0.2, 0.25) is 0 Å². The van der Waals surface area contributed by atoms with Gasteiger partial charge in [0.1, 0.15) is 0 Å². The number of ether oxygens (including phenoxy) is 2. The van der Waals surface area contributed by atoms with Gasteiger partial charge in [-0.1, -0.05) is 11.6 Å². The fourth-order valence-electron chi connectivity index (χ4n) is 2.30. The second kappa shape index (κ2) is 7.37. The van der Waals surface area contributed by atoms with Gasteiger partial charge in [-0.05, 0) is 25.1 Å². The molecule has 0 aliphatic heterocycles. The Kier molecular flexibility index (Phi) is 5.50. The van der Waals surface area contributed by atoms with Gasteiger partial charge in [-0.2, -0.15) is 5.10 Å². The van der Waals surface area contributed by atoms with Crippen LogP contribution in [0, 0.1) is 0 Å². The van der Waals surface area contributed by atoms with Crippen LogP contribution in [0.1, 0.15) is 23.0 Å². The van der Waals surface area contributed by atoms with Crippen LogP contribution in [0.25, 0.3) is 0 Å². The van der Waals surface area contributed by atoms with Gasteiger partial charge in [0.15, 0.2) is 11.5 Å². The first-order valence-corrected chi connectivity index (χ1v) is 7.57. The second-order valence-electron chi connectivity index (χ2n) is 4.99. The summed E-state index contributed by atoms with van der Waals surface area (Å²) in [5.74, 6) is 0.966. The molecule has 1 heterocycles. The molecule has 0 saturated heterocycles. The van der Waals surface area contributed by atoms with E-state index in [4.69, 9.17) is 21.1 Å². The number of carbonyl (C=O) groups is 1. The number of aryl methyl sites for hydroxylation is 1. The number of methoxy groups -OCH3 is 2. The van der Waals surface area contributed by atoms with Crippen molar-refractivity contribution in [3.8, 4) is 11.5 Å². The molecule has 6 nitrogen and oxygen atoms in total. The van der Waals surface area contributed by atoms with E-state index in [1.54, 1.807) is 48.1 Å². The molecule has 2 rings (SSSR count). The molecule has 0 unspecified atom stereocenters. The highest BCUT2D eigenvalue weighted by molar-refractivity contribution is 6.31. The number of hydrogen-bond acceptors (Lipinski definition) is 4. The van der Waals surface area contributed by atoms with Crippen LogP contribution in [0.15, 0.2) is 24.4 Å². The van der Waals surface area contributed by atoms with Crippen molar-refractivity contribution in [1.82, 2.24) is 14.7 Å². The summed E-state index contributed by atoms with van der Waals surface area (Å²) in [6, 6.07) is 5.08. The van der Waals surface area contributed by atoms with Crippen molar-refractivity contribution < 1.29 is 14.3 Å². The van der Waals surface area contributed by atoms with Crippen LogP contribution in [0.2, 0.25) is 5.02 Å². The zero-order chi connectivity index (χ0) is 17.0. The van der Waals surface area contributed by atoms with Crippen LogP contribution in [0.4, 0.5) is 0 Å². The summed E-state index contributed by atoms with van der Waals surface area (Å²) >= 11 is 6.15. The standard InChI is InChI=1S/C16H20ClN3O3/c1-5-20-13(12(17)9-18-20)10-19(2)16(21)11-6-7-14(22-3)15(8-11)23-4/h6-9H,5,10H2,1-4H3. The third-order valence-corrected chi connectivity index (χ3v) is 3.88. The Labute approximate surface area is 140 Å². The summed E-state index contributed by atoms with van der Waals surface area (Å²) in [6.07, 6.45) is 1.59. The van der Waals surface area contributed by atoms with E-state index in [1.165, 1.54) is 7.11 Å². The van der Waals surface area contributed by atoms with Crippen molar-refractivity contribution in [3.63, 3.8) is 0 Å². The lowest BCUT2D eigenvalue weighted by Crippen LogP contribution is -2.27. The number of amides is 1. The van der Waals surface area contributed by atoms with Gasteiger partial charge in [-0.3, -0.25) is 9.48 Å². The summed E-state index contributed by atoms with van der Waals surface area (Å²) < 4.78 is 12.2. The summed E-state index contributed by atoms with van der Waals surface area (Å²) in [6.45, 7) is 3.04. The number of benzene rings is 1. The lowest BCUT2D eigenvalue weighted by molar-refractivity contribution is 0.0781. The number of hydrogen-bond donors (Lipinski definition) is 0. The van der Waals surface area contributed by atoms with Gasteiger partial charge in [0.25, 0.3) is 5.91 Å². The maximum absolute atomic E-state index is 12.6. The van der Waals surface area contributed by atoms with Crippen molar-refractivity contribution in [3.05, 3.63) is 40.7 Å². The van der Waals surface area contributed by atoms with Gasteiger partial charge in [0, 0.05) is 19.2 Å². The topological polar surface area (TPSA) is 56.6 Å². The van der Waals surface area contributed by atoms with E-state index in [0.717, 1.165) is 5.69 Å². The van der Waals surface area contributed by atoms with E-state index < -0.39 is 0 Å². The number of aromatic nitrogens is 2. The molecule has 1 aromatic carbocycles. The molecule has 0 atom stereocenters. The third-order valence-electron chi connectivity index (χ3n) is 3.56. The van der Waals surface area contributed by atoms with Crippen molar-refractivity contribution in [2.75, 3.05) is 21.3 Å². The molecular weight excluding hydrogens is 318 g/mol. The quantitative estimate of drug-likeness (QED) is 0.813. The van der Waals surface area contributed by atoms with Gasteiger partial charge < -0.3 is 14.4 Å². The number of rotatable bonds is 6. The highest BCUT2D eigenvalue weighted by Gasteiger charge is 2.18. The lowest BCUT2D eigenvalue weighted by Gasteiger charge is -2.19. The van der Waals surface area contributed by atoms with E-state index in [9.17, 15) is 4.79 Å². The minimum atomic E-state index is -0.133. The second-order valence-corrected chi connectivity index (χ2v) is 5.39. The largest absolute Gasteiger partial charge is 0.493 e.